The number of fused-ring (bicyclic) bond motifs is 3. The summed E-state index contributed by atoms with van der Waals surface area (Å²) >= 11 is 0. The summed E-state index contributed by atoms with van der Waals surface area (Å²) in [5, 5.41) is 13.9. The second-order valence-electron chi connectivity index (χ2n) is 5.55. The summed E-state index contributed by atoms with van der Waals surface area (Å²) in [6.07, 6.45) is 0. The van der Waals surface area contributed by atoms with Gasteiger partial charge in [0, 0.05) is 17.2 Å². The normalized spacial score (nSPS) is 12.2. The molecule has 1 aliphatic rings. The first kappa shape index (κ1) is 13.6. The standard InChI is InChI=1S/C18H14N2O3/c1-11-4-2-5-12(8-11)15-9-17-20(19-15)16-7-3-6-13(18(21)22)14(16)10-23-17/h2-9H,10H2,1H3,(H,21,22). The molecular formula is C18H14N2O3. The van der Waals surface area contributed by atoms with Crippen LogP contribution in [0, 0.1) is 6.92 Å². The van der Waals surface area contributed by atoms with E-state index in [0.717, 1.165) is 22.5 Å². The van der Waals surface area contributed by atoms with Gasteiger partial charge in [-0.05, 0) is 25.1 Å². The first-order valence-electron chi connectivity index (χ1n) is 7.29. The van der Waals surface area contributed by atoms with Crippen molar-refractivity contribution in [2.24, 2.45) is 0 Å². The molecule has 1 aliphatic heterocycles. The van der Waals surface area contributed by atoms with Crippen molar-refractivity contribution in [3.8, 4) is 22.8 Å². The number of benzene rings is 2. The molecule has 5 nitrogen and oxygen atoms in total. The van der Waals surface area contributed by atoms with Gasteiger partial charge >= 0.3 is 5.97 Å². The van der Waals surface area contributed by atoms with E-state index in [0.29, 0.717) is 11.4 Å². The van der Waals surface area contributed by atoms with Crippen LogP contribution in [-0.2, 0) is 6.61 Å². The number of carboxylic acids is 1. The molecule has 1 N–H and O–H groups in total. The van der Waals surface area contributed by atoms with E-state index < -0.39 is 5.97 Å². The van der Waals surface area contributed by atoms with E-state index in [2.05, 4.69) is 11.2 Å². The van der Waals surface area contributed by atoms with Crippen molar-refractivity contribution in [1.29, 1.82) is 0 Å². The molecule has 0 amide bonds. The fourth-order valence-corrected chi connectivity index (χ4v) is 2.86. The summed E-state index contributed by atoms with van der Waals surface area (Å²) in [5.74, 6) is -0.337. The van der Waals surface area contributed by atoms with Gasteiger partial charge in [-0.1, -0.05) is 29.8 Å². The number of carboxylic acid groups (broad SMARTS) is 1. The Hall–Kier alpha value is -3.08. The minimum Gasteiger partial charge on any atom is -0.478 e. The Labute approximate surface area is 132 Å². The third-order valence-electron chi connectivity index (χ3n) is 3.96. The van der Waals surface area contributed by atoms with E-state index >= 15 is 0 Å². The number of ether oxygens (including phenoxy) is 1. The molecule has 114 valence electrons. The van der Waals surface area contributed by atoms with E-state index in [1.165, 1.54) is 0 Å². The summed E-state index contributed by atoms with van der Waals surface area (Å²) in [4.78, 5) is 11.4. The molecule has 0 bridgehead atoms. The van der Waals surface area contributed by atoms with Crippen LogP contribution in [0.5, 0.6) is 5.88 Å². The number of aromatic nitrogens is 2. The number of carbonyl (C=O) groups is 1. The van der Waals surface area contributed by atoms with Gasteiger partial charge in [-0.2, -0.15) is 5.10 Å². The molecule has 3 aromatic rings. The lowest BCUT2D eigenvalue weighted by Gasteiger charge is -2.20. The van der Waals surface area contributed by atoms with E-state index in [1.54, 1.807) is 16.8 Å². The Balaban J connectivity index is 1.87. The van der Waals surface area contributed by atoms with Crippen LogP contribution in [0.1, 0.15) is 21.5 Å². The molecule has 0 aliphatic carbocycles. The third kappa shape index (κ3) is 2.17. The fourth-order valence-electron chi connectivity index (χ4n) is 2.86. The van der Waals surface area contributed by atoms with Gasteiger partial charge < -0.3 is 9.84 Å². The van der Waals surface area contributed by atoms with Crippen LogP contribution in [0.3, 0.4) is 0 Å². The molecule has 1 aromatic heterocycles. The molecule has 4 rings (SSSR count). The summed E-state index contributed by atoms with van der Waals surface area (Å²) in [5.41, 5.74) is 4.61. The molecule has 0 fully saturated rings. The zero-order chi connectivity index (χ0) is 16.0. The predicted molar refractivity (Wildman–Crippen MR) is 85.0 cm³/mol. The van der Waals surface area contributed by atoms with E-state index in [4.69, 9.17) is 4.74 Å². The number of hydrogen-bond donors (Lipinski definition) is 1. The van der Waals surface area contributed by atoms with Gasteiger partial charge in [0.1, 0.15) is 6.61 Å². The zero-order valence-corrected chi connectivity index (χ0v) is 12.5. The van der Waals surface area contributed by atoms with Crippen molar-refractivity contribution in [2.45, 2.75) is 13.5 Å². The van der Waals surface area contributed by atoms with Crippen molar-refractivity contribution in [3.63, 3.8) is 0 Å². The van der Waals surface area contributed by atoms with Gasteiger partial charge in [-0.15, -0.1) is 0 Å². The third-order valence-corrected chi connectivity index (χ3v) is 3.96. The van der Waals surface area contributed by atoms with Crippen LogP contribution < -0.4 is 4.74 Å². The van der Waals surface area contributed by atoms with Gasteiger partial charge in [-0.25, -0.2) is 9.48 Å². The Bertz CT molecular complexity index is 928. The molecular weight excluding hydrogens is 292 g/mol. The fraction of sp³-hybridized carbons (Fsp3) is 0.111. The molecule has 0 spiro atoms. The second kappa shape index (κ2) is 4.98. The smallest absolute Gasteiger partial charge is 0.336 e. The lowest BCUT2D eigenvalue weighted by Crippen LogP contribution is -2.16. The van der Waals surface area contributed by atoms with Crippen LogP contribution in [0.25, 0.3) is 16.9 Å². The van der Waals surface area contributed by atoms with Crippen molar-refractivity contribution < 1.29 is 14.6 Å². The van der Waals surface area contributed by atoms with Gasteiger partial charge in [0.25, 0.3) is 0 Å². The Morgan fingerprint density at radius 3 is 2.83 bits per heavy atom. The first-order valence-corrected chi connectivity index (χ1v) is 7.29. The second-order valence-corrected chi connectivity index (χ2v) is 5.55. The minimum atomic E-state index is -0.958. The largest absolute Gasteiger partial charge is 0.478 e. The van der Waals surface area contributed by atoms with Crippen LogP contribution >= 0.6 is 0 Å². The summed E-state index contributed by atoms with van der Waals surface area (Å²) in [6, 6.07) is 15.1. The molecule has 0 saturated carbocycles. The maximum Gasteiger partial charge on any atom is 0.336 e. The van der Waals surface area contributed by atoms with Crippen LogP contribution in [-0.4, -0.2) is 20.9 Å². The van der Waals surface area contributed by atoms with Crippen molar-refractivity contribution in [2.75, 3.05) is 0 Å². The highest BCUT2D eigenvalue weighted by atomic mass is 16.5. The highest BCUT2D eigenvalue weighted by Gasteiger charge is 2.24. The van der Waals surface area contributed by atoms with Crippen molar-refractivity contribution >= 4 is 5.97 Å². The molecule has 23 heavy (non-hydrogen) atoms. The molecule has 2 heterocycles. The minimum absolute atomic E-state index is 0.233. The van der Waals surface area contributed by atoms with Gasteiger partial charge in [0.05, 0.1) is 16.9 Å². The van der Waals surface area contributed by atoms with Gasteiger partial charge in [0.2, 0.25) is 5.88 Å². The summed E-state index contributed by atoms with van der Waals surface area (Å²) in [7, 11) is 0. The molecule has 0 unspecified atom stereocenters. The molecule has 0 atom stereocenters. The number of aryl methyl sites for hydroxylation is 1. The van der Waals surface area contributed by atoms with Crippen molar-refractivity contribution in [1.82, 2.24) is 9.78 Å². The SMILES string of the molecule is Cc1cccc(-c2cc3n(n2)-c2cccc(C(=O)O)c2CO3)c1. The zero-order valence-electron chi connectivity index (χ0n) is 12.5. The molecule has 2 aromatic carbocycles. The topological polar surface area (TPSA) is 64.4 Å². The van der Waals surface area contributed by atoms with Crippen LogP contribution in [0.15, 0.2) is 48.5 Å². The number of aromatic carboxylic acids is 1. The molecule has 0 saturated heterocycles. The van der Waals surface area contributed by atoms with Gasteiger partial charge in [0.15, 0.2) is 0 Å². The van der Waals surface area contributed by atoms with E-state index in [9.17, 15) is 9.90 Å². The maximum atomic E-state index is 11.4. The maximum absolute atomic E-state index is 11.4. The average Bonchev–Trinajstić information content (AvgIpc) is 2.98. The Kier molecular flexibility index (Phi) is 2.94. The average molecular weight is 306 g/mol. The predicted octanol–water partition coefficient (Wildman–Crippen LogP) is 3.44. The van der Waals surface area contributed by atoms with E-state index in [1.807, 2.05) is 37.3 Å². The lowest BCUT2D eigenvalue weighted by atomic mass is 10.1. The number of rotatable bonds is 2. The quantitative estimate of drug-likeness (QED) is 0.787. The first-order chi connectivity index (χ1) is 11.1. The van der Waals surface area contributed by atoms with Crippen LogP contribution in [0.2, 0.25) is 0 Å². The Morgan fingerprint density at radius 2 is 2.04 bits per heavy atom. The summed E-state index contributed by atoms with van der Waals surface area (Å²) in [6.45, 7) is 2.27. The molecule has 0 radical (unpaired) electrons. The monoisotopic (exact) mass is 306 g/mol. The van der Waals surface area contributed by atoms with Crippen molar-refractivity contribution in [3.05, 3.63) is 65.2 Å². The number of hydrogen-bond acceptors (Lipinski definition) is 3. The Morgan fingerprint density at radius 1 is 1.22 bits per heavy atom. The van der Waals surface area contributed by atoms with Gasteiger partial charge in [-0.3, -0.25) is 0 Å². The highest BCUT2D eigenvalue weighted by Crippen LogP contribution is 2.33. The molecule has 5 heteroatoms. The number of nitrogens with zero attached hydrogens (tertiary/aromatic N) is 2. The lowest BCUT2D eigenvalue weighted by molar-refractivity contribution is 0.0693. The highest BCUT2D eigenvalue weighted by molar-refractivity contribution is 5.90. The summed E-state index contributed by atoms with van der Waals surface area (Å²) < 4.78 is 7.38. The van der Waals surface area contributed by atoms with Crippen LogP contribution in [0.4, 0.5) is 0 Å². The van der Waals surface area contributed by atoms with E-state index in [-0.39, 0.29) is 12.2 Å².